The van der Waals surface area contributed by atoms with Crippen LogP contribution in [0.1, 0.15) is 46.5 Å². The molecule has 2 rings (SSSR count). The van der Waals surface area contributed by atoms with E-state index in [4.69, 9.17) is 0 Å². The second-order valence-electron chi connectivity index (χ2n) is 6.29. The van der Waals surface area contributed by atoms with Crippen molar-refractivity contribution in [1.29, 1.82) is 0 Å². The molecule has 3 nitrogen and oxygen atoms in total. The van der Waals surface area contributed by atoms with Gasteiger partial charge in [0.05, 0.1) is 12.2 Å². The van der Waals surface area contributed by atoms with E-state index < -0.39 is 5.60 Å². The molecular formula is C15H24O3. The van der Waals surface area contributed by atoms with Crippen LogP contribution in [0.4, 0.5) is 0 Å². The number of aliphatic hydroxyl groups is 2. The van der Waals surface area contributed by atoms with Gasteiger partial charge < -0.3 is 10.2 Å². The van der Waals surface area contributed by atoms with Crippen molar-refractivity contribution in [1.82, 2.24) is 0 Å². The predicted molar refractivity (Wildman–Crippen MR) is 70.0 cm³/mol. The Balaban J connectivity index is 2.44. The summed E-state index contributed by atoms with van der Waals surface area (Å²) in [5.41, 5.74) is 0.905. The van der Waals surface area contributed by atoms with E-state index in [0.29, 0.717) is 5.92 Å². The van der Waals surface area contributed by atoms with Gasteiger partial charge >= 0.3 is 0 Å². The molecule has 0 saturated carbocycles. The molecule has 0 unspecified atom stereocenters. The molecule has 3 heteroatoms. The quantitative estimate of drug-likeness (QED) is 0.791. The minimum atomic E-state index is -1.17. The zero-order valence-corrected chi connectivity index (χ0v) is 11.6. The molecule has 0 spiro atoms. The number of ketones is 1. The molecule has 0 aliphatic heterocycles. The van der Waals surface area contributed by atoms with E-state index in [1.54, 1.807) is 6.92 Å². The van der Waals surface area contributed by atoms with Crippen LogP contribution in [0, 0.1) is 17.8 Å². The Hall–Kier alpha value is -0.670. The van der Waals surface area contributed by atoms with E-state index in [-0.39, 0.29) is 24.2 Å². The van der Waals surface area contributed by atoms with Crippen LogP contribution in [0.15, 0.2) is 11.1 Å². The number of hydrogen-bond acceptors (Lipinski definition) is 3. The third-order valence-corrected chi connectivity index (χ3v) is 4.81. The number of carbonyl (C=O) groups is 1. The molecule has 0 bridgehead atoms. The largest absolute Gasteiger partial charge is 0.393 e. The van der Waals surface area contributed by atoms with Crippen molar-refractivity contribution in [3.05, 3.63) is 11.1 Å². The minimum Gasteiger partial charge on any atom is -0.393 e. The maximum atomic E-state index is 12.4. The van der Waals surface area contributed by atoms with Gasteiger partial charge in [-0.3, -0.25) is 4.79 Å². The van der Waals surface area contributed by atoms with Crippen molar-refractivity contribution in [2.24, 2.45) is 17.8 Å². The van der Waals surface area contributed by atoms with Crippen molar-refractivity contribution in [2.45, 2.75) is 52.1 Å². The summed E-state index contributed by atoms with van der Waals surface area (Å²) in [5, 5.41) is 19.7. The Morgan fingerprint density at radius 2 is 1.89 bits per heavy atom. The summed E-state index contributed by atoms with van der Waals surface area (Å²) in [6, 6.07) is 0. The third kappa shape index (κ3) is 2.14. The lowest BCUT2D eigenvalue weighted by atomic mass is 9.64. The number of hydrogen-bond donors (Lipinski definition) is 2. The molecule has 18 heavy (non-hydrogen) atoms. The van der Waals surface area contributed by atoms with E-state index in [2.05, 4.69) is 6.92 Å². The summed E-state index contributed by atoms with van der Waals surface area (Å²) in [4.78, 5) is 12.4. The third-order valence-electron chi connectivity index (χ3n) is 4.81. The molecule has 0 saturated heterocycles. The topological polar surface area (TPSA) is 57.5 Å². The number of rotatable bonds is 2. The van der Waals surface area contributed by atoms with Gasteiger partial charge in [0.15, 0.2) is 5.78 Å². The molecule has 102 valence electrons. The molecule has 0 heterocycles. The molecule has 2 aliphatic carbocycles. The van der Waals surface area contributed by atoms with E-state index in [1.807, 2.05) is 6.92 Å². The SMILES string of the molecule is C[C@@H]1CCC2=C(C1=O)[C@H]([C@](C)(O)CO)CC[C@@H]2C. The number of Topliss-reactive ketones (excluding diaryl/α,β-unsaturated/α-hetero) is 1. The fourth-order valence-electron chi connectivity index (χ4n) is 3.44. The highest BCUT2D eigenvalue weighted by molar-refractivity contribution is 5.99. The van der Waals surface area contributed by atoms with E-state index in [1.165, 1.54) is 5.57 Å². The van der Waals surface area contributed by atoms with Crippen LogP contribution in [0.3, 0.4) is 0 Å². The predicted octanol–water partition coefficient (Wildman–Crippen LogP) is 2.07. The van der Waals surface area contributed by atoms with Crippen molar-refractivity contribution in [3.63, 3.8) is 0 Å². The van der Waals surface area contributed by atoms with Crippen molar-refractivity contribution >= 4 is 5.78 Å². The highest BCUT2D eigenvalue weighted by Crippen LogP contribution is 2.45. The highest BCUT2D eigenvalue weighted by Gasteiger charge is 2.43. The van der Waals surface area contributed by atoms with Crippen LogP contribution >= 0.6 is 0 Å². The van der Waals surface area contributed by atoms with Gasteiger partial charge in [-0.25, -0.2) is 0 Å². The lowest BCUT2D eigenvalue weighted by molar-refractivity contribution is -0.122. The minimum absolute atomic E-state index is 0.0612. The molecule has 0 aromatic heterocycles. The summed E-state index contributed by atoms with van der Waals surface area (Å²) in [6.45, 7) is 5.49. The molecule has 2 N–H and O–H groups in total. The first-order valence-electron chi connectivity index (χ1n) is 6.99. The Morgan fingerprint density at radius 3 is 2.50 bits per heavy atom. The molecule has 0 radical (unpaired) electrons. The normalized spacial score (nSPS) is 36.3. The van der Waals surface area contributed by atoms with Crippen LogP contribution < -0.4 is 0 Å². The van der Waals surface area contributed by atoms with E-state index >= 15 is 0 Å². The zero-order valence-electron chi connectivity index (χ0n) is 11.6. The fourth-order valence-corrected chi connectivity index (χ4v) is 3.44. The summed E-state index contributed by atoms with van der Waals surface area (Å²) < 4.78 is 0. The maximum Gasteiger partial charge on any atom is 0.162 e. The molecule has 0 amide bonds. The molecular weight excluding hydrogens is 228 g/mol. The number of allylic oxidation sites excluding steroid dienone is 1. The summed E-state index contributed by atoms with van der Waals surface area (Å²) in [7, 11) is 0. The average molecular weight is 252 g/mol. The lowest BCUT2D eigenvalue weighted by Crippen LogP contribution is -2.45. The van der Waals surface area contributed by atoms with Crippen molar-refractivity contribution in [3.8, 4) is 0 Å². The van der Waals surface area contributed by atoms with Crippen LogP contribution in [-0.2, 0) is 4.79 Å². The van der Waals surface area contributed by atoms with Gasteiger partial charge in [-0.15, -0.1) is 0 Å². The van der Waals surface area contributed by atoms with Crippen molar-refractivity contribution in [2.75, 3.05) is 6.61 Å². The van der Waals surface area contributed by atoms with E-state index in [9.17, 15) is 15.0 Å². The standard InChI is InChI=1S/C15H24O3/c1-9-5-7-12(15(3,18)8-16)13-11(9)6-4-10(2)14(13)17/h9-10,12,16,18H,4-8H2,1-3H3/t9-,10+,12+,15+/m0/s1. The first kappa shape index (κ1) is 13.8. The lowest BCUT2D eigenvalue weighted by Gasteiger charge is -2.42. The second kappa shape index (κ2) is 4.78. The van der Waals surface area contributed by atoms with Gasteiger partial charge in [-0.1, -0.05) is 19.4 Å². The first-order chi connectivity index (χ1) is 8.38. The van der Waals surface area contributed by atoms with Crippen LogP contribution in [0.25, 0.3) is 0 Å². The van der Waals surface area contributed by atoms with Crippen molar-refractivity contribution < 1.29 is 15.0 Å². The first-order valence-corrected chi connectivity index (χ1v) is 6.99. The van der Waals surface area contributed by atoms with Gasteiger partial charge in [-0.05, 0) is 38.5 Å². The summed E-state index contributed by atoms with van der Waals surface area (Å²) in [5.74, 6) is 0.513. The molecule has 2 aliphatic rings. The Kier molecular flexibility index (Phi) is 3.65. The molecule has 0 aromatic rings. The van der Waals surface area contributed by atoms with E-state index in [0.717, 1.165) is 31.3 Å². The van der Waals surface area contributed by atoms with Crippen LogP contribution in [0.5, 0.6) is 0 Å². The Labute approximate surface area is 109 Å². The second-order valence-corrected chi connectivity index (χ2v) is 6.29. The van der Waals surface area contributed by atoms with Gasteiger partial charge in [-0.2, -0.15) is 0 Å². The Morgan fingerprint density at radius 1 is 1.22 bits per heavy atom. The average Bonchev–Trinajstić information content (AvgIpc) is 2.34. The molecule has 4 atom stereocenters. The summed E-state index contributed by atoms with van der Waals surface area (Å²) in [6.07, 6.45) is 3.70. The van der Waals surface area contributed by atoms with Gasteiger partial charge in [0, 0.05) is 17.4 Å². The Bertz CT molecular complexity index is 381. The zero-order chi connectivity index (χ0) is 13.5. The monoisotopic (exact) mass is 252 g/mol. The smallest absolute Gasteiger partial charge is 0.162 e. The number of aliphatic hydroxyl groups excluding tert-OH is 1. The highest BCUT2D eigenvalue weighted by atomic mass is 16.3. The number of carbonyl (C=O) groups excluding carboxylic acids is 1. The van der Waals surface area contributed by atoms with Crippen LogP contribution in [0.2, 0.25) is 0 Å². The molecule has 0 fully saturated rings. The summed E-state index contributed by atoms with van der Waals surface area (Å²) >= 11 is 0. The van der Waals surface area contributed by atoms with Gasteiger partial charge in [0.25, 0.3) is 0 Å². The van der Waals surface area contributed by atoms with Gasteiger partial charge in [0.1, 0.15) is 0 Å². The molecule has 0 aromatic carbocycles. The fraction of sp³-hybridized carbons (Fsp3) is 0.800. The maximum absolute atomic E-state index is 12.4. The van der Waals surface area contributed by atoms with Crippen LogP contribution in [-0.4, -0.2) is 28.2 Å². The van der Waals surface area contributed by atoms with Gasteiger partial charge in [0.2, 0.25) is 0 Å².